The van der Waals surface area contributed by atoms with Crippen molar-refractivity contribution >= 4 is 27.7 Å². The molecule has 0 bridgehead atoms. The molecule has 0 radical (unpaired) electrons. The van der Waals surface area contributed by atoms with E-state index in [1.165, 1.54) is 17.8 Å². The van der Waals surface area contributed by atoms with Crippen LogP contribution in [0.4, 0.5) is 4.39 Å². The van der Waals surface area contributed by atoms with Crippen molar-refractivity contribution in [2.45, 2.75) is 37.3 Å². The van der Waals surface area contributed by atoms with Crippen molar-refractivity contribution in [2.24, 2.45) is 5.73 Å². The molecule has 0 unspecified atom stereocenters. The topological polar surface area (TPSA) is 56.7 Å². The molecule has 0 saturated heterocycles. The van der Waals surface area contributed by atoms with E-state index in [2.05, 4.69) is 26.1 Å². The van der Waals surface area contributed by atoms with Gasteiger partial charge >= 0.3 is 0 Å². The van der Waals surface area contributed by atoms with Gasteiger partial charge in [0, 0.05) is 16.3 Å². The van der Waals surface area contributed by atoms with Gasteiger partial charge in [-0.25, -0.2) is 4.39 Å². The van der Waals surface area contributed by atoms with Crippen LogP contribution in [0.5, 0.6) is 0 Å². The van der Waals surface area contributed by atoms with Crippen LogP contribution >= 0.6 is 27.7 Å². The van der Waals surface area contributed by atoms with Crippen LogP contribution in [0.25, 0.3) is 0 Å². The summed E-state index contributed by atoms with van der Waals surface area (Å²) < 4.78 is 16.6. The lowest BCUT2D eigenvalue weighted by molar-refractivity contribution is 0.526. The first-order chi connectivity index (χ1) is 9.52. The maximum absolute atomic E-state index is 13.7. The third kappa shape index (κ3) is 3.39. The smallest absolute Gasteiger partial charge is 0.191 e. The Morgan fingerprint density at radius 3 is 2.80 bits per heavy atom. The molecular formula is C13H16BrFN4S. The molecule has 0 aliphatic carbocycles. The number of benzene rings is 1. The van der Waals surface area contributed by atoms with Crippen molar-refractivity contribution in [1.29, 1.82) is 0 Å². The van der Waals surface area contributed by atoms with E-state index in [1.54, 1.807) is 12.1 Å². The molecule has 4 nitrogen and oxygen atoms in total. The van der Waals surface area contributed by atoms with E-state index in [9.17, 15) is 4.39 Å². The predicted octanol–water partition coefficient (Wildman–Crippen LogP) is 3.51. The summed E-state index contributed by atoms with van der Waals surface area (Å²) in [6.45, 7) is 4.44. The van der Waals surface area contributed by atoms with Gasteiger partial charge in [-0.1, -0.05) is 27.7 Å². The van der Waals surface area contributed by atoms with Crippen LogP contribution in [-0.4, -0.2) is 14.8 Å². The second kappa shape index (κ2) is 6.69. The molecule has 0 amide bonds. The standard InChI is InChI=1S/C13H16BrFN4S/c1-8(2)19-12(6-16)17-18-13(19)20-7-9-5-10(14)3-4-11(9)15/h3-5,8H,6-7,16H2,1-2H3. The summed E-state index contributed by atoms with van der Waals surface area (Å²) in [6.07, 6.45) is 0. The summed E-state index contributed by atoms with van der Waals surface area (Å²) in [5.74, 6) is 1.04. The van der Waals surface area contributed by atoms with Crippen LogP contribution in [-0.2, 0) is 12.3 Å². The molecule has 2 N–H and O–H groups in total. The molecule has 20 heavy (non-hydrogen) atoms. The van der Waals surface area contributed by atoms with Gasteiger partial charge in [-0.3, -0.25) is 0 Å². The van der Waals surface area contributed by atoms with E-state index in [0.717, 1.165) is 15.5 Å². The summed E-state index contributed by atoms with van der Waals surface area (Å²) in [4.78, 5) is 0. The van der Waals surface area contributed by atoms with E-state index >= 15 is 0 Å². The quantitative estimate of drug-likeness (QED) is 0.830. The largest absolute Gasteiger partial charge is 0.324 e. The third-order valence-corrected chi connectivity index (χ3v) is 4.28. The monoisotopic (exact) mass is 358 g/mol. The highest BCUT2D eigenvalue weighted by molar-refractivity contribution is 9.10. The number of aromatic nitrogens is 3. The normalized spacial score (nSPS) is 11.3. The maximum Gasteiger partial charge on any atom is 0.191 e. The fourth-order valence-corrected chi connectivity index (χ4v) is 3.33. The van der Waals surface area contributed by atoms with Crippen LogP contribution in [0.3, 0.4) is 0 Å². The third-order valence-electron chi connectivity index (χ3n) is 2.80. The van der Waals surface area contributed by atoms with Crippen molar-refractivity contribution in [2.75, 3.05) is 0 Å². The number of rotatable bonds is 5. The lowest BCUT2D eigenvalue weighted by Crippen LogP contribution is -2.11. The number of thioether (sulfide) groups is 1. The summed E-state index contributed by atoms with van der Waals surface area (Å²) in [6, 6.07) is 5.14. The number of nitrogens with zero attached hydrogens (tertiary/aromatic N) is 3. The molecule has 0 aliphatic heterocycles. The summed E-state index contributed by atoms with van der Waals surface area (Å²) in [7, 11) is 0. The van der Waals surface area contributed by atoms with Crippen molar-refractivity contribution < 1.29 is 4.39 Å². The van der Waals surface area contributed by atoms with Crippen molar-refractivity contribution in [3.05, 3.63) is 39.9 Å². The Balaban J connectivity index is 2.19. The second-order valence-corrected chi connectivity index (χ2v) is 6.45. The average molecular weight is 359 g/mol. The van der Waals surface area contributed by atoms with Crippen LogP contribution in [0.15, 0.2) is 27.8 Å². The predicted molar refractivity (Wildman–Crippen MR) is 82.0 cm³/mol. The van der Waals surface area contributed by atoms with Crippen LogP contribution in [0.1, 0.15) is 31.3 Å². The average Bonchev–Trinajstić information content (AvgIpc) is 2.83. The Morgan fingerprint density at radius 2 is 2.15 bits per heavy atom. The zero-order valence-electron chi connectivity index (χ0n) is 11.3. The highest BCUT2D eigenvalue weighted by atomic mass is 79.9. The minimum absolute atomic E-state index is 0.213. The number of hydrogen-bond donors (Lipinski definition) is 1. The molecule has 0 atom stereocenters. The first kappa shape index (κ1) is 15.5. The lowest BCUT2D eigenvalue weighted by atomic mass is 10.2. The fraction of sp³-hybridized carbons (Fsp3) is 0.385. The van der Waals surface area contributed by atoms with Gasteiger partial charge in [0.05, 0.1) is 6.54 Å². The SMILES string of the molecule is CC(C)n1c(CN)nnc1SCc1cc(Br)ccc1F. The van der Waals surface area contributed by atoms with Gasteiger partial charge in [-0.05, 0) is 37.6 Å². The Morgan fingerprint density at radius 1 is 1.40 bits per heavy atom. The molecule has 2 rings (SSSR count). The lowest BCUT2D eigenvalue weighted by Gasteiger charge is -2.12. The van der Waals surface area contributed by atoms with Gasteiger partial charge in [0.1, 0.15) is 11.6 Å². The van der Waals surface area contributed by atoms with E-state index in [0.29, 0.717) is 17.9 Å². The molecule has 7 heteroatoms. The fourth-order valence-electron chi connectivity index (χ4n) is 1.86. The highest BCUT2D eigenvalue weighted by Gasteiger charge is 2.15. The Kier molecular flexibility index (Phi) is 5.17. The van der Waals surface area contributed by atoms with Crippen LogP contribution in [0.2, 0.25) is 0 Å². The van der Waals surface area contributed by atoms with Crippen molar-refractivity contribution in [3.8, 4) is 0 Å². The summed E-state index contributed by atoms with van der Waals surface area (Å²) in [5.41, 5.74) is 6.29. The molecular weight excluding hydrogens is 343 g/mol. The molecule has 0 spiro atoms. The molecule has 0 aliphatic rings. The molecule has 2 aromatic rings. The van der Waals surface area contributed by atoms with Gasteiger partial charge in [0.25, 0.3) is 0 Å². The molecule has 1 aromatic heterocycles. The van der Waals surface area contributed by atoms with Gasteiger partial charge in [-0.15, -0.1) is 10.2 Å². The van der Waals surface area contributed by atoms with Crippen LogP contribution in [0, 0.1) is 5.82 Å². The second-order valence-electron chi connectivity index (χ2n) is 4.59. The Labute approximate surface area is 130 Å². The first-order valence-corrected chi connectivity index (χ1v) is 8.01. The first-order valence-electron chi connectivity index (χ1n) is 6.23. The molecule has 0 fully saturated rings. The van der Waals surface area contributed by atoms with Gasteiger partial charge in [0.2, 0.25) is 0 Å². The van der Waals surface area contributed by atoms with E-state index in [1.807, 2.05) is 18.4 Å². The summed E-state index contributed by atoms with van der Waals surface area (Å²) in [5, 5.41) is 8.97. The van der Waals surface area contributed by atoms with Gasteiger partial charge < -0.3 is 10.3 Å². The molecule has 1 heterocycles. The van der Waals surface area contributed by atoms with E-state index in [-0.39, 0.29) is 11.9 Å². The molecule has 108 valence electrons. The Bertz CT molecular complexity index is 600. The zero-order valence-corrected chi connectivity index (χ0v) is 13.7. The number of hydrogen-bond acceptors (Lipinski definition) is 4. The van der Waals surface area contributed by atoms with Crippen molar-refractivity contribution in [3.63, 3.8) is 0 Å². The zero-order chi connectivity index (χ0) is 14.7. The van der Waals surface area contributed by atoms with Gasteiger partial charge in [0.15, 0.2) is 5.16 Å². The van der Waals surface area contributed by atoms with Crippen LogP contribution < -0.4 is 5.73 Å². The number of nitrogens with two attached hydrogens (primary N) is 1. The molecule has 0 saturated carbocycles. The van der Waals surface area contributed by atoms with E-state index in [4.69, 9.17) is 5.73 Å². The van der Waals surface area contributed by atoms with E-state index < -0.39 is 0 Å². The highest BCUT2D eigenvalue weighted by Crippen LogP contribution is 2.27. The Hall–Kier alpha value is -0.920. The van der Waals surface area contributed by atoms with Gasteiger partial charge in [-0.2, -0.15) is 0 Å². The van der Waals surface area contributed by atoms with Crippen molar-refractivity contribution in [1.82, 2.24) is 14.8 Å². The minimum atomic E-state index is -0.213. The minimum Gasteiger partial charge on any atom is -0.324 e. The number of halogens is 2. The summed E-state index contributed by atoms with van der Waals surface area (Å²) >= 11 is 4.81. The maximum atomic E-state index is 13.7. The molecule has 1 aromatic carbocycles.